The molecule has 0 fully saturated rings. The maximum atomic E-state index is 12.0. The Labute approximate surface area is 119 Å². The third kappa shape index (κ3) is 3.66. The average Bonchev–Trinajstić information content (AvgIpc) is 2.45. The molecule has 0 saturated carbocycles. The summed E-state index contributed by atoms with van der Waals surface area (Å²) in [5, 5.41) is 8.91. The van der Waals surface area contributed by atoms with Crippen LogP contribution in [0.4, 0.5) is 0 Å². The van der Waals surface area contributed by atoms with Crippen LogP contribution in [0.3, 0.4) is 0 Å². The molecule has 2 aromatic rings. The molecule has 0 unspecified atom stereocenters. The minimum Gasteiger partial charge on any atom is -0.392 e. The van der Waals surface area contributed by atoms with Gasteiger partial charge in [0.15, 0.2) is 4.90 Å². The summed E-state index contributed by atoms with van der Waals surface area (Å²) in [6.45, 7) is -0.120. The van der Waals surface area contributed by atoms with Crippen LogP contribution in [0.1, 0.15) is 11.1 Å². The minimum atomic E-state index is -4.03. The summed E-state index contributed by atoms with van der Waals surface area (Å²) in [4.78, 5) is 25.7. The highest BCUT2D eigenvalue weighted by Gasteiger charge is 2.18. The summed E-state index contributed by atoms with van der Waals surface area (Å²) < 4.78 is 26.2. The van der Waals surface area contributed by atoms with E-state index in [1.165, 1.54) is 0 Å². The second kappa shape index (κ2) is 6.04. The SMILES string of the molecule is O=c1[nH]cc(S(=O)(=O)NCc2ccc(CO)cc2)c(=O)[nH]1. The number of aliphatic hydroxyl groups is 1. The van der Waals surface area contributed by atoms with Crippen molar-refractivity contribution in [3.8, 4) is 0 Å². The van der Waals surface area contributed by atoms with Gasteiger partial charge in [-0.25, -0.2) is 17.9 Å². The Balaban J connectivity index is 2.17. The molecule has 4 N–H and O–H groups in total. The van der Waals surface area contributed by atoms with Crippen molar-refractivity contribution in [2.75, 3.05) is 0 Å². The van der Waals surface area contributed by atoms with E-state index in [9.17, 15) is 18.0 Å². The maximum absolute atomic E-state index is 12.0. The van der Waals surface area contributed by atoms with Crippen molar-refractivity contribution in [2.24, 2.45) is 0 Å². The van der Waals surface area contributed by atoms with Crippen molar-refractivity contribution < 1.29 is 13.5 Å². The average molecular weight is 311 g/mol. The molecule has 0 atom stereocenters. The fourth-order valence-corrected chi connectivity index (χ4v) is 2.64. The highest BCUT2D eigenvalue weighted by molar-refractivity contribution is 7.89. The number of rotatable bonds is 5. The molecule has 9 heteroatoms. The van der Waals surface area contributed by atoms with Gasteiger partial charge in [-0.3, -0.25) is 9.78 Å². The molecule has 2 rings (SSSR count). The molecule has 0 radical (unpaired) electrons. The first-order valence-electron chi connectivity index (χ1n) is 5.93. The van der Waals surface area contributed by atoms with Gasteiger partial charge in [-0.1, -0.05) is 24.3 Å². The number of sulfonamides is 1. The van der Waals surface area contributed by atoms with Crippen molar-refractivity contribution >= 4 is 10.0 Å². The van der Waals surface area contributed by atoms with Gasteiger partial charge in [0.25, 0.3) is 5.56 Å². The van der Waals surface area contributed by atoms with Crippen molar-refractivity contribution in [2.45, 2.75) is 18.0 Å². The number of H-pyrrole nitrogens is 2. The molecule has 112 valence electrons. The second-order valence-electron chi connectivity index (χ2n) is 4.24. The lowest BCUT2D eigenvalue weighted by atomic mass is 10.1. The Kier molecular flexibility index (Phi) is 4.36. The van der Waals surface area contributed by atoms with E-state index in [0.29, 0.717) is 11.1 Å². The van der Waals surface area contributed by atoms with Crippen LogP contribution in [0.5, 0.6) is 0 Å². The van der Waals surface area contributed by atoms with E-state index in [0.717, 1.165) is 6.20 Å². The first-order chi connectivity index (χ1) is 9.92. The van der Waals surface area contributed by atoms with E-state index < -0.39 is 26.2 Å². The summed E-state index contributed by atoms with van der Waals surface area (Å²) in [5.41, 5.74) is -0.393. The van der Waals surface area contributed by atoms with Gasteiger partial charge >= 0.3 is 5.69 Å². The summed E-state index contributed by atoms with van der Waals surface area (Å²) in [6.07, 6.45) is 0.846. The van der Waals surface area contributed by atoms with E-state index >= 15 is 0 Å². The Morgan fingerprint density at radius 1 is 1.10 bits per heavy atom. The molecule has 1 aromatic carbocycles. The van der Waals surface area contributed by atoms with E-state index in [-0.39, 0.29) is 13.2 Å². The molecular formula is C12H13N3O5S. The maximum Gasteiger partial charge on any atom is 0.325 e. The van der Waals surface area contributed by atoms with Crippen molar-refractivity contribution in [1.82, 2.24) is 14.7 Å². The number of aromatic amines is 2. The minimum absolute atomic E-state index is 0.0212. The van der Waals surface area contributed by atoms with Crippen LogP contribution in [0.25, 0.3) is 0 Å². The lowest BCUT2D eigenvalue weighted by molar-refractivity contribution is 0.282. The number of aromatic nitrogens is 2. The van der Waals surface area contributed by atoms with Gasteiger partial charge in [0.1, 0.15) is 0 Å². The molecular weight excluding hydrogens is 298 g/mol. The zero-order chi connectivity index (χ0) is 15.5. The van der Waals surface area contributed by atoms with Crippen LogP contribution >= 0.6 is 0 Å². The predicted octanol–water partition coefficient (Wildman–Crippen LogP) is -0.966. The molecule has 21 heavy (non-hydrogen) atoms. The monoisotopic (exact) mass is 311 g/mol. The third-order valence-electron chi connectivity index (χ3n) is 2.75. The van der Waals surface area contributed by atoms with Crippen LogP contribution in [-0.4, -0.2) is 23.5 Å². The van der Waals surface area contributed by atoms with Crippen LogP contribution in [0.2, 0.25) is 0 Å². The van der Waals surface area contributed by atoms with Gasteiger partial charge in [-0.05, 0) is 11.1 Å². The fourth-order valence-electron chi connectivity index (χ4n) is 1.62. The van der Waals surface area contributed by atoms with Gasteiger partial charge < -0.3 is 10.1 Å². The topological polar surface area (TPSA) is 132 Å². The van der Waals surface area contributed by atoms with Crippen molar-refractivity contribution in [3.63, 3.8) is 0 Å². The molecule has 1 heterocycles. The molecule has 1 aromatic heterocycles. The molecule has 0 bridgehead atoms. The number of benzene rings is 1. The van der Waals surface area contributed by atoms with Crippen LogP contribution in [0.15, 0.2) is 44.9 Å². The molecule has 0 aliphatic rings. The van der Waals surface area contributed by atoms with Gasteiger partial charge in [0.2, 0.25) is 10.0 Å². The summed E-state index contributed by atoms with van der Waals surface area (Å²) in [6, 6.07) is 6.64. The molecule has 0 saturated heterocycles. The lowest BCUT2D eigenvalue weighted by Gasteiger charge is -2.06. The number of hydrogen-bond donors (Lipinski definition) is 4. The normalized spacial score (nSPS) is 11.5. The van der Waals surface area contributed by atoms with Gasteiger partial charge in [-0.2, -0.15) is 0 Å². The zero-order valence-electron chi connectivity index (χ0n) is 10.8. The van der Waals surface area contributed by atoms with Crippen LogP contribution in [0, 0.1) is 0 Å². The molecule has 0 aliphatic carbocycles. The van der Waals surface area contributed by atoms with Gasteiger partial charge in [0.05, 0.1) is 6.61 Å². The summed E-state index contributed by atoms with van der Waals surface area (Å²) in [7, 11) is -4.03. The van der Waals surface area contributed by atoms with E-state index in [1.807, 2.05) is 4.98 Å². The number of hydrogen-bond acceptors (Lipinski definition) is 5. The highest BCUT2D eigenvalue weighted by Crippen LogP contribution is 2.06. The highest BCUT2D eigenvalue weighted by atomic mass is 32.2. The molecule has 0 spiro atoms. The fraction of sp³-hybridized carbons (Fsp3) is 0.167. The first kappa shape index (κ1) is 15.2. The van der Waals surface area contributed by atoms with E-state index in [1.54, 1.807) is 24.3 Å². The largest absolute Gasteiger partial charge is 0.392 e. The Morgan fingerprint density at radius 2 is 1.71 bits per heavy atom. The third-order valence-corrected chi connectivity index (χ3v) is 4.15. The zero-order valence-corrected chi connectivity index (χ0v) is 11.6. The first-order valence-corrected chi connectivity index (χ1v) is 7.41. The summed E-state index contributed by atoms with van der Waals surface area (Å²) >= 11 is 0. The molecule has 0 aliphatic heterocycles. The lowest BCUT2D eigenvalue weighted by Crippen LogP contribution is -2.32. The van der Waals surface area contributed by atoms with Crippen LogP contribution in [-0.2, 0) is 23.2 Å². The van der Waals surface area contributed by atoms with Gasteiger partial charge in [-0.15, -0.1) is 0 Å². The smallest absolute Gasteiger partial charge is 0.325 e. The van der Waals surface area contributed by atoms with E-state index in [4.69, 9.17) is 5.11 Å². The molecule has 8 nitrogen and oxygen atoms in total. The Morgan fingerprint density at radius 3 is 2.29 bits per heavy atom. The second-order valence-corrected chi connectivity index (χ2v) is 5.97. The van der Waals surface area contributed by atoms with Crippen molar-refractivity contribution in [1.29, 1.82) is 0 Å². The number of nitrogens with one attached hydrogen (secondary N) is 3. The quantitative estimate of drug-likeness (QED) is 0.564. The van der Waals surface area contributed by atoms with Crippen molar-refractivity contribution in [3.05, 3.63) is 62.4 Å². The Hall–Kier alpha value is -2.23. The Bertz CT molecular complexity index is 836. The van der Waals surface area contributed by atoms with Gasteiger partial charge in [0, 0.05) is 12.7 Å². The standard InChI is InChI=1S/C12H13N3O5S/c16-7-9-3-1-8(2-4-9)5-14-21(19,20)10-6-13-12(18)15-11(10)17/h1-4,6,14,16H,5,7H2,(H2,13,15,17,18). The summed E-state index contributed by atoms with van der Waals surface area (Å²) in [5.74, 6) is 0. The van der Waals surface area contributed by atoms with E-state index in [2.05, 4.69) is 9.71 Å². The predicted molar refractivity (Wildman–Crippen MR) is 74.1 cm³/mol. The molecule has 0 amide bonds. The van der Waals surface area contributed by atoms with Crippen LogP contribution < -0.4 is 16.0 Å². The number of aliphatic hydroxyl groups excluding tert-OH is 1.